The first-order chi connectivity index (χ1) is 19.9. The van der Waals surface area contributed by atoms with Gasteiger partial charge in [-0.25, -0.2) is 13.8 Å². The van der Waals surface area contributed by atoms with Crippen LogP contribution in [-0.4, -0.2) is 63.2 Å². The van der Waals surface area contributed by atoms with E-state index in [1.54, 1.807) is 6.20 Å². The molecule has 2 N–H and O–H groups in total. The summed E-state index contributed by atoms with van der Waals surface area (Å²) in [5.74, 6) is -3.21. The summed E-state index contributed by atoms with van der Waals surface area (Å²) in [6.07, 6.45) is 4.63. The third-order valence-electron chi connectivity index (χ3n) is 8.68. The lowest BCUT2D eigenvalue weighted by atomic mass is 9.88. The van der Waals surface area contributed by atoms with Crippen molar-refractivity contribution in [2.45, 2.75) is 58.5 Å². The molecule has 10 heteroatoms. The van der Waals surface area contributed by atoms with Crippen molar-refractivity contribution in [2.24, 2.45) is 11.8 Å². The number of likely N-dealkylation sites (tertiary alicyclic amines) is 1. The summed E-state index contributed by atoms with van der Waals surface area (Å²) in [5, 5.41) is 12.4. The number of nitrogens with zero attached hydrogens (tertiary/aromatic N) is 4. The van der Waals surface area contributed by atoms with E-state index in [4.69, 9.17) is 0 Å². The quantitative estimate of drug-likeness (QED) is 0.396. The zero-order chi connectivity index (χ0) is 30.2. The lowest BCUT2D eigenvalue weighted by Crippen LogP contribution is -2.40. The molecule has 2 aliphatic heterocycles. The highest BCUT2D eigenvalue weighted by molar-refractivity contribution is 5.92. The van der Waals surface area contributed by atoms with Crippen LogP contribution in [0.2, 0.25) is 0 Å². The number of amides is 1. The molecule has 0 saturated carbocycles. The van der Waals surface area contributed by atoms with Gasteiger partial charge in [-0.1, -0.05) is 18.2 Å². The van der Waals surface area contributed by atoms with Crippen LogP contribution in [0.3, 0.4) is 0 Å². The molecule has 2 saturated heterocycles. The number of rotatable bonds is 7. The van der Waals surface area contributed by atoms with E-state index < -0.39 is 29.4 Å². The number of halogens is 2. The van der Waals surface area contributed by atoms with Crippen molar-refractivity contribution >= 4 is 23.5 Å². The largest absolute Gasteiger partial charge is 0.481 e. The lowest BCUT2D eigenvalue weighted by Gasteiger charge is -2.33. The van der Waals surface area contributed by atoms with Gasteiger partial charge in [-0.15, -0.1) is 0 Å². The van der Waals surface area contributed by atoms with Crippen LogP contribution in [0.4, 0.5) is 20.4 Å². The van der Waals surface area contributed by atoms with Gasteiger partial charge in [0.05, 0.1) is 18.4 Å². The Morgan fingerprint density at radius 1 is 1.07 bits per heavy atom. The Labute approximate surface area is 245 Å². The number of anilines is 2. The number of carboxylic acids is 1. The Balaban J connectivity index is 1.36. The lowest BCUT2D eigenvalue weighted by molar-refractivity contribution is -0.142. The van der Waals surface area contributed by atoms with Gasteiger partial charge in [0.15, 0.2) is 0 Å². The maximum Gasteiger partial charge on any atom is 0.306 e. The Bertz CT molecular complexity index is 1460. The third kappa shape index (κ3) is 6.33. The molecule has 0 radical (unpaired) electrons. The average molecular weight is 580 g/mol. The molecule has 2 fully saturated rings. The molecule has 3 aromatic rings. The van der Waals surface area contributed by atoms with Crippen molar-refractivity contribution in [3.63, 3.8) is 0 Å². The van der Waals surface area contributed by atoms with Crippen molar-refractivity contribution in [3.8, 4) is 0 Å². The Hall–Kier alpha value is -3.79. The van der Waals surface area contributed by atoms with Gasteiger partial charge in [0.2, 0.25) is 11.9 Å². The van der Waals surface area contributed by atoms with E-state index in [9.17, 15) is 23.5 Å². The summed E-state index contributed by atoms with van der Waals surface area (Å²) in [5.41, 5.74) is 3.30. The normalized spacial score (nSPS) is 20.2. The number of aliphatic carboxylic acids is 1. The fourth-order valence-electron chi connectivity index (χ4n) is 6.15. The molecule has 224 valence electrons. The Kier molecular flexibility index (Phi) is 8.37. The molecule has 2 aliphatic rings. The molecular weight excluding hydrogens is 540 g/mol. The van der Waals surface area contributed by atoms with Crippen molar-refractivity contribution in [1.82, 2.24) is 14.5 Å². The van der Waals surface area contributed by atoms with Crippen LogP contribution in [-0.2, 0) is 16.1 Å². The second-order valence-electron chi connectivity index (χ2n) is 12.6. The molecule has 5 rings (SSSR count). The van der Waals surface area contributed by atoms with Crippen LogP contribution in [0.5, 0.6) is 0 Å². The minimum Gasteiger partial charge on any atom is -0.481 e. The first-order valence-corrected chi connectivity index (χ1v) is 14.5. The number of carboxylic acid groups (broad SMARTS) is 1. The highest BCUT2D eigenvalue weighted by atomic mass is 19.1. The fraction of sp³-hybridized carbons (Fsp3) is 0.469. The molecule has 0 spiro atoms. The minimum atomic E-state index is -0.741. The van der Waals surface area contributed by atoms with Crippen LogP contribution < -0.4 is 10.2 Å². The van der Waals surface area contributed by atoms with Gasteiger partial charge in [0, 0.05) is 61.8 Å². The second-order valence-corrected chi connectivity index (χ2v) is 12.6. The molecular formula is C32H39F2N5O3. The second kappa shape index (κ2) is 11.8. The van der Waals surface area contributed by atoms with Gasteiger partial charge < -0.3 is 14.6 Å². The number of aromatic nitrogens is 2. The van der Waals surface area contributed by atoms with E-state index in [1.807, 2.05) is 23.8 Å². The topological polar surface area (TPSA) is 90.7 Å². The van der Waals surface area contributed by atoms with Crippen LogP contribution in [0.25, 0.3) is 0 Å². The maximum absolute atomic E-state index is 14.9. The van der Waals surface area contributed by atoms with E-state index in [0.717, 1.165) is 22.9 Å². The Morgan fingerprint density at radius 3 is 2.48 bits per heavy atom. The van der Waals surface area contributed by atoms with E-state index in [-0.39, 0.29) is 17.4 Å². The maximum atomic E-state index is 14.9. The number of benzene rings is 2. The van der Waals surface area contributed by atoms with Gasteiger partial charge >= 0.3 is 5.97 Å². The monoisotopic (exact) mass is 579 g/mol. The molecule has 8 nitrogen and oxygen atoms in total. The van der Waals surface area contributed by atoms with Gasteiger partial charge in [0.1, 0.15) is 11.6 Å². The Morgan fingerprint density at radius 2 is 1.81 bits per heavy atom. The molecule has 0 bridgehead atoms. The number of hydrogen-bond acceptors (Lipinski definition) is 5. The zero-order valence-corrected chi connectivity index (χ0v) is 24.6. The van der Waals surface area contributed by atoms with Crippen LogP contribution in [0.1, 0.15) is 56.2 Å². The van der Waals surface area contributed by atoms with Crippen molar-refractivity contribution in [2.75, 3.05) is 36.4 Å². The molecule has 1 amide bonds. The number of hydrogen-bond donors (Lipinski definition) is 2. The molecule has 0 unspecified atom stereocenters. The summed E-state index contributed by atoms with van der Waals surface area (Å²) in [7, 11) is 0. The predicted octanol–water partition coefficient (Wildman–Crippen LogP) is 5.27. The third-order valence-corrected chi connectivity index (χ3v) is 8.68. The van der Waals surface area contributed by atoms with Crippen molar-refractivity contribution in [3.05, 3.63) is 77.1 Å². The molecule has 3 heterocycles. The SMILES string of the molecule is Cc1ccc(Cn2ccnc2NC(=O)[C@@H]2CN(C(C)(C)C)C[C@H]2c2ccc(F)cc2F)c(N2CCC(C(=O)O)CC2)c1. The first kappa shape index (κ1) is 29.7. The van der Waals surface area contributed by atoms with Gasteiger partial charge in [-0.3, -0.25) is 19.8 Å². The predicted molar refractivity (Wildman–Crippen MR) is 158 cm³/mol. The molecule has 2 aromatic carbocycles. The highest BCUT2D eigenvalue weighted by Gasteiger charge is 2.43. The molecule has 42 heavy (non-hydrogen) atoms. The van der Waals surface area contributed by atoms with Crippen molar-refractivity contribution in [1.29, 1.82) is 0 Å². The summed E-state index contributed by atoms with van der Waals surface area (Å²) < 4.78 is 30.4. The first-order valence-electron chi connectivity index (χ1n) is 14.5. The summed E-state index contributed by atoms with van der Waals surface area (Å²) >= 11 is 0. The molecule has 0 aliphatic carbocycles. The highest BCUT2D eigenvalue weighted by Crippen LogP contribution is 2.38. The van der Waals surface area contributed by atoms with Crippen molar-refractivity contribution < 1.29 is 23.5 Å². The molecule has 2 atom stereocenters. The number of carbonyl (C=O) groups is 2. The molecule has 1 aromatic heterocycles. The minimum absolute atomic E-state index is 0.233. The summed E-state index contributed by atoms with van der Waals surface area (Å²) in [6.45, 7) is 10.9. The summed E-state index contributed by atoms with van der Waals surface area (Å²) in [6, 6.07) is 9.78. The number of carbonyl (C=O) groups excluding carboxylic acids is 1. The van der Waals surface area contributed by atoms with Crippen LogP contribution >= 0.6 is 0 Å². The smallest absolute Gasteiger partial charge is 0.306 e. The van der Waals surface area contributed by atoms with E-state index in [2.05, 4.69) is 53.0 Å². The number of imidazole rings is 1. The van der Waals surface area contributed by atoms with Crippen LogP contribution in [0, 0.1) is 30.4 Å². The number of nitrogens with one attached hydrogen (secondary N) is 1. The number of piperidine rings is 1. The average Bonchev–Trinajstić information content (AvgIpc) is 3.57. The van der Waals surface area contributed by atoms with Gasteiger partial charge in [-0.2, -0.15) is 0 Å². The van der Waals surface area contributed by atoms with Gasteiger partial charge in [0.25, 0.3) is 0 Å². The standard InChI is InChI=1S/C32H39F2N5O3/c1-20-5-6-22(28(15-20)37-12-9-21(10-13-37)30(41)42)17-38-14-11-35-31(38)36-29(40)26-19-39(32(2,3)4)18-25(26)24-8-7-23(33)16-27(24)34/h5-8,11,14-16,21,25-26H,9-10,12-13,17-19H2,1-4H3,(H,41,42)(H,35,36,40)/t25-,26+/m0/s1. The van der Waals surface area contributed by atoms with E-state index in [0.29, 0.717) is 57.1 Å². The number of aryl methyl sites for hydroxylation is 1. The fourth-order valence-corrected chi connectivity index (χ4v) is 6.15. The van der Waals surface area contributed by atoms with Crippen LogP contribution in [0.15, 0.2) is 48.8 Å². The van der Waals surface area contributed by atoms with Gasteiger partial charge in [-0.05, 0) is 69.4 Å². The zero-order valence-electron chi connectivity index (χ0n) is 24.6. The van der Waals surface area contributed by atoms with E-state index >= 15 is 0 Å². The van der Waals surface area contributed by atoms with E-state index in [1.165, 1.54) is 12.1 Å². The summed E-state index contributed by atoms with van der Waals surface area (Å²) in [4.78, 5) is 34.0.